The third kappa shape index (κ3) is 3.52. The number of nitrogens with zero attached hydrogens (tertiary/aromatic N) is 4. The molecule has 0 unspecified atom stereocenters. The van der Waals surface area contributed by atoms with Gasteiger partial charge in [0.2, 0.25) is 10.6 Å². The second kappa shape index (κ2) is 6.93. The lowest BCUT2D eigenvalue weighted by Gasteiger charge is -2.07. The molecule has 0 aliphatic heterocycles. The number of hydrogen-bond acceptors (Lipinski definition) is 7. The van der Waals surface area contributed by atoms with Crippen molar-refractivity contribution in [3.05, 3.63) is 58.0 Å². The molecular formula is C15H13N5O2S2. The second-order valence-electron chi connectivity index (χ2n) is 4.84. The second-order valence-corrected chi connectivity index (χ2v) is 6.87. The Morgan fingerprint density at radius 3 is 2.83 bits per heavy atom. The summed E-state index contributed by atoms with van der Waals surface area (Å²) in [5.74, 6) is -0.606. The molecule has 1 aromatic carbocycles. The van der Waals surface area contributed by atoms with Crippen LogP contribution in [0.2, 0.25) is 0 Å². The highest BCUT2D eigenvalue weighted by atomic mass is 32.2. The zero-order valence-electron chi connectivity index (χ0n) is 12.9. The van der Waals surface area contributed by atoms with Gasteiger partial charge in [0.15, 0.2) is 10.0 Å². The quantitative estimate of drug-likeness (QED) is 0.568. The number of benzene rings is 1. The molecule has 24 heavy (non-hydrogen) atoms. The molecule has 3 rings (SSSR count). The Balaban J connectivity index is 1.91. The van der Waals surface area contributed by atoms with Crippen molar-refractivity contribution in [3.63, 3.8) is 0 Å². The lowest BCUT2D eigenvalue weighted by molar-refractivity contribution is 0.101. The predicted molar refractivity (Wildman–Crippen MR) is 94.2 cm³/mol. The molecule has 2 aromatic heterocycles. The Kier molecular flexibility index (Phi) is 4.72. The van der Waals surface area contributed by atoms with E-state index < -0.39 is 11.3 Å². The molecule has 0 radical (unpaired) electrons. The van der Waals surface area contributed by atoms with E-state index >= 15 is 0 Å². The van der Waals surface area contributed by atoms with Crippen LogP contribution in [0.4, 0.5) is 5.13 Å². The summed E-state index contributed by atoms with van der Waals surface area (Å²) in [6, 6.07) is 8.92. The molecule has 0 saturated heterocycles. The number of hydrogen-bond donors (Lipinski definition) is 1. The number of amides is 1. The summed E-state index contributed by atoms with van der Waals surface area (Å²) in [6.07, 6.45) is 3.40. The maximum atomic E-state index is 12.3. The zero-order chi connectivity index (χ0) is 17.1. The van der Waals surface area contributed by atoms with Crippen LogP contribution in [0, 0.1) is 6.92 Å². The Bertz CT molecular complexity index is 951. The first kappa shape index (κ1) is 16.3. The van der Waals surface area contributed by atoms with E-state index in [4.69, 9.17) is 0 Å². The Hall–Kier alpha value is -2.52. The molecule has 0 bridgehead atoms. The summed E-state index contributed by atoms with van der Waals surface area (Å²) in [6.45, 7) is 1.96. The molecule has 122 valence electrons. The maximum absolute atomic E-state index is 12.3. The van der Waals surface area contributed by atoms with Crippen molar-refractivity contribution in [3.8, 4) is 5.69 Å². The van der Waals surface area contributed by atoms with E-state index in [0.717, 1.165) is 15.6 Å². The number of rotatable bonds is 4. The fourth-order valence-electron chi connectivity index (χ4n) is 1.98. The molecule has 1 N–H and O–H groups in total. The summed E-state index contributed by atoms with van der Waals surface area (Å²) >= 11 is 2.67. The average Bonchev–Trinajstić information content (AvgIpc) is 3.02. The molecule has 0 aliphatic carbocycles. The van der Waals surface area contributed by atoms with Crippen molar-refractivity contribution in [2.75, 3.05) is 11.6 Å². The van der Waals surface area contributed by atoms with E-state index in [-0.39, 0.29) is 5.69 Å². The third-order valence-corrected chi connectivity index (χ3v) is 4.91. The summed E-state index contributed by atoms with van der Waals surface area (Å²) in [4.78, 5) is 24.3. The first-order chi connectivity index (χ1) is 11.6. The van der Waals surface area contributed by atoms with Crippen molar-refractivity contribution in [1.29, 1.82) is 0 Å². The number of carbonyl (C=O) groups is 1. The van der Waals surface area contributed by atoms with Gasteiger partial charge >= 0.3 is 0 Å². The van der Waals surface area contributed by atoms with Gasteiger partial charge in [-0.3, -0.25) is 14.9 Å². The highest BCUT2D eigenvalue weighted by Crippen LogP contribution is 2.23. The van der Waals surface area contributed by atoms with Gasteiger partial charge in [-0.05, 0) is 30.9 Å². The molecule has 0 atom stereocenters. The van der Waals surface area contributed by atoms with Gasteiger partial charge in [-0.15, -0.1) is 10.2 Å². The smallest absolute Gasteiger partial charge is 0.282 e. The molecule has 0 aliphatic rings. The molecule has 0 saturated carbocycles. The van der Waals surface area contributed by atoms with Crippen LogP contribution in [0.5, 0.6) is 0 Å². The normalized spacial score (nSPS) is 10.6. The van der Waals surface area contributed by atoms with E-state index in [1.807, 2.05) is 37.4 Å². The molecule has 3 aromatic rings. The number of aromatic nitrogens is 4. The van der Waals surface area contributed by atoms with Gasteiger partial charge in [-0.2, -0.15) is 5.10 Å². The van der Waals surface area contributed by atoms with Gasteiger partial charge in [0.25, 0.3) is 5.91 Å². The third-order valence-electron chi connectivity index (χ3n) is 3.09. The fraction of sp³-hybridized carbons (Fsp3) is 0.133. The van der Waals surface area contributed by atoms with Crippen LogP contribution in [-0.2, 0) is 0 Å². The van der Waals surface area contributed by atoms with Crippen LogP contribution in [0.25, 0.3) is 5.69 Å². The summed E-state index contributed by atoms with van der Waals surface area (Å²) in [5.41, 5.74) is 1.17. The minimum Gasteiger partial charge on any atom is -0.295 e. The van der Waals surface area contributed by atoms with Crippen molar-refractivity contribution < 1.29 is 4.79 Å². The minimum absolute atomic E-state index is 0.195. The number of anilines is 1. The highest BCUT2D eigenvalue weighted by molar-refractivity contribution is 8.00. The largest absolute Gasteiger partial charge is 0.295 e. The van der Waals surface area contributed by atoms with Gasteiger partial charge in [-0.25, -0.2) is 4.68 Å². The highest BCUT2D eigenvalue weighted by Gasteiger charge is 2.16. The van der Waals surface area contributed by atoms with E-state index in [2.05, 4.69) is 20.6 Å². The van der Waals surface area contributed by atoms with Crippen molar-refractivity contribution in [2.24, 2.45) is 0 Å². The average molecular weight is 359 g/mol. The fourth-order valence-corrected chi connectivity index (χ4v) is 3.14. The van der Waals surface area contributed by atoms with Crippen LogP contribution >= 0.6 is 23.1 Å². The summed E-state index contributed by atoms with van der Waals surface area (Å²) in [5, 5.41) is 14.8. The van der Waals surface area contributed by atoms with Gasteiger partial charge in [-0.1, -0.05) is 35.2 Å². The predicted octanol–water partition coefficient (Wildman–Crippen LogP) is 2.37. The van der Waals surface area contributed by atoms with E-state index in [1.165, 1.54) is 40.0 Å². The van der Waals surface area contributed by atoms with Gasteiger partial charge < -0.3 is 0 Å². The molecule has 7 nitrogen and oxygen atoms in total. The maximum Gasteiger partial charge on any atom is 0.282 e. The number of aryl methyl sites for hydroxylation is 1. The summed E-state index contributed by atoms with van der Waals surface area (Å²) in [7, 11) is 0. The number of thioether (sulfide) groups is 1. The molecule has 2 heterocycles. The standard InChI is InChI=1S/C15H13N5O2S2/c1-9-4-3-5-10(8-9)20-7-6-11(21)12(19-20)13(22)16-14-17-18-15(23-2)24-14/h3-8H,1-2H3,(H,16,17,22). The SMILES string of the molecule is CSc1nnc(NC(=O)c2nn(-c3cccc(C)c3)ccc2=O)s1. The van der Waals surface area contributed by atoms with Gasteiger partial charge in [0, 0.05) is 12.3 Å². The zero-order valence-corrected chi connectivity index (χ0v) is 14.5. The van der Waals surface area contributed by atoms with E-state index in [9.17, 15) is 9.59 Å². The molecule has 9 heteroatoms. The van der Waals surface area contributed by atoms with Crippen LogP contribution < -0.4 is 10.7 Å². The van der Waals surface area contributed by atoms with Gasteiger partial charge in [0.1, 0.15) is 0 Å². The molecule has 1 amide bonds. The van der Waals surface area contributed by atoms with Crippen LogP contribution in [-0.4, -0.2) is 32.1 Å². The van der Waals surface area contributed by atoms with Crippen molar-refractivity contribution >= 4 is 34.1 Å². The first-order valence-corrected chi connectivity index (χ1v) is 8.97. The number of nitrogens with one attached hydrogen (secondary N) is 1. The van der Waals surface area contributed by atoms with Crippen molar-refractivity contribution in [1.82, 2.24) is 20.0 Å². The Morgan fingerprint density at radius 1 is 1.29 bits per heavy atom. The van der Waals surface area contributed by atoms with Crippen LogP contribution in [0.15, 0.2) is 45.7 Å². The lowest BCUT2D eigenvalue weighted by atomic mass is 10.2. The van der Waals surface area contributed by atoms with Gasteiger partial charge in [0.05, 0.1) is 5.69 Å². The topological polar surface area (TPSA) is 89.8 Å². The van der Waals surface area contributed by atoms with E-state index in [1.54, 1.807) is 0 Å². The Morgan fingerprint density at radius 2 is 2.12 bits per heavy atom. The number of carbonyl (C=O) groups excluding carboxylic acids is 1. The minimum atomic E-state index is -0.606. The first-order valence-electron chi connectivity index (χ1n) is 6.92. The summed E-state index contributed by atoms with van der Waals surface area (Å²) < 4.78 is 2.22. The molecular weight excluding hydrogens is 346 g/mol. The van der Waals surface area contributed by atoms with Crippen LogP contribution in [0.1, 0.15) is 16.1 Å². The van der Waals surface area contributed by atoms with Crippen molar-refractivity contribution in [2.45, 2.75) is 11.3 Å². The monoisotopic (exact) mass is 359 g/mol. The van der Waals surface area contributed by atoms with E-state index in [0.29, 0.717) is 5.13 Å². The van der Waals surface area contributed by atoms with Crippen LogP contribution in [0.3, 0.4) is 0 Å². The molecule has 0 spiro atoms. The lowest BCUT2D eigenvalue weighted by Crippen LogP contribution is -2.25. The molecule has 0 fully saturated rings. The Labute approximate surface area is 145 Å².